The fourth-order valence-corrected chi connectivity index (χ4v) is 5.04. The predicted octanol–water partition coefficient (Wildman–Crippen LogP) is 5.03. The second-order valence-electron chi connectivity index (χ2n) is 7.64. The van der Waals surface area contributed by atoms with Crippen LogP contribution in [0.25, 0.3) is 11.2 Å². The lowest BCUT2D eigenvalue weighted by Crippen LogP contribution is -2.48. The Bertz CT molecular complexity index is 1050. The molecule has 0 spiro atoms. The fraction of sp³-hybridized carbons (Fsp3) is 0.400. The minimum atomic E-state index is 0.226. The molecule has 29 heavy (non-hydrogen) atoms. The minimum absolute atomic E-state index is 0.226. The van der Waals surface area contributed by atoms with Gasteiger partial charge in [0.15, 0.2) is 5.65 Å². The van der Waals surface area contributed by atoms with E-state index in [9.17, 15) is 0 Å². The summed E-state index contributed by atoms with van der Waals surface area (Å²) >= 11 is 18.7. The summed E-state index contributed by atoms with van der Waals surface area (Å²) in [7, 11) is 0. The van der Waals surface area contributed by atoms with Crippen molar-refractivity contribution in [3.63, 3.8) is 0 Å². The van der Waals surface area contributed by atoms with E-state index in [4.69, 9.17) is 34.8 Å². The molecule has 1 saturated heterocycles. The van der Waals surface area contributed by atoms with Crippen LogP contribution in [0.3, 0.4) is 0 Å². The van der Waals surface area contributed by atoms with Gasteiger partial charge in [-0.05, 0) is 49.1 Å². The Hall–Kier alpha value is -1.73. The van der Waals surface area contributed by atoms with Gasteiger partial charge < -0.3 is 20.5 Å². The van der Waals surface area contributed by atoms with Gasteiger partial charge in [0.1, 0.15) is 5.15 Å². The summed E-state index contributed by atoms with van der Waals surface area (Å²) in [5.74, 6) is 0.845. The van der Waals surface area contributed by atoms with E-state index in [0.29, 0.717) is 26.9 Å². The molecule has 0 bridgehead atoms. The second-order valence-corrected chi connectivity index (χ2v) is 8.87. The predicted molar refractivity (Wildman–Crippen MR) is 120 cm³/mol. The molecule has 1 fully saturated rings. The lowest BCUT2D eigenvalue weighted by atomic mass is 9.95. The molecule has 5 rings (SSSR count). The van der Waals surface area contributed by atoms with Crippen LogP contribution >= 0.6 is 34.8 Å². The average molecular weight is 452 g/mol. The molecule has 0 amide bonds. The number of hydrogen-bond donors (Lipinski definition) is 3. The molecule has 9 heteroatoms. The maximum atomic E-state index is 6.40. The number of fused-ring (bicyclic) bond motifs is 2. The summed E-state index contributed by atoms with van der Waals surface area (Å²) in [5, 5.41) is 9.04. The number of piperidine rings is 1. The van der Waals surface area contributed by atoms with Gasteiger partial charge in [0.2, 0.25) is 5.95 Å². The van der Waals surface area contributed by atoms with Gasteiger partial charge in [-0.2, -0.15) is 4.98 Å². The van der Waals surface area contributed by atoms with Gasteiger partial charge in [0.25, 0.3) is 0 Å². The number of anilines is 2. The Labute approximate surface area is 183 Å². The van der Waals surface area contributed by atoms with E-state index in [1.165, 1.54) is 0 Å². The number of rotatable bonds is 3. The summed E-state index contributed by atoms with van der Waals surface area (Å²) in [6, 6.07) is 8.08. The summed E-state index contributed by atoms with van der Waals surface area (Å²) in [6.07, 6.45) is 3.21. The van der Waals surface area contributed by atoms with Crippen LogP contribution < -0.4 is 15.5 Å². The first-order valence-corrected chi connectivity index (χ1v) is 11.0. The van der Waals surface area contributed by atoms with Gasteiger partial charge in [0.05, 0.1) is 16.2 Å². The van der Waals surface area contributed by atoms with Gasteiger partial charge in [0, 0.05) is 36.7 Å². The maximum Gasteiger partial charge on any atom is 0.205 e. The fourth-order valence-electron chi connectivity index (χ4n) is 4.32. The standard InChI is InChI=1S/C20H21Cl3N6/c21-11-8-13-15(5-6-24-18(13)14(22)9-11)25-12-2-1-7-29(10-12)20-26-16-3-4-17(23)27-19(16)28-20/h3-4,8-9,12,15,24-25H,1-2,5-7,10H2,(H,26,27,28). The Morgan fingerprint density at radius 2 is 2.00 bits per heavy atom. The van der Waals surface area contributed by atoms with Crippen LogP contribution in [-0.4, -0.2) is 40.6 Å². The molecular formula is C20H21Cl3N6. The number of halogens is 3. The molecule has 0 saturated carbocycles. The Morgan fingerprint density at radius 3 is 2.90 bits per heavy atom. The van der Waals surface area contributed by atoms with Gasteiger partial charge in [-0.1, -0.05) is 34.8 Å². The third kappa shape index (κ3) is 3.87. The summed E-state index contributed by atoms with van der Waals surface area (Å²) < 4.78 is 0. The van der Waals surface area contributed by atoms with E-state index < -0.39 is 0 Å². The number of H-pyrrole nitrogens is 1. The second kappa shape index (κ2) is 7.84. The highest BCUT2D eigenvalue weighted by atomic mass is 35.5. The van der Waals surface area contributed by atoms with E-state index in [2.05, 4.69) is 30.5 Å². The third-order valence-electron chi connectivity index (χ3n) is 5.65. The molecule has 6 nitrogen and oxygen atoms in total. The molecule has 2 aliphatic heterocycles. The number of nitrogens with zero attached hydrogens (tertiary/aromatic N) is 3. The highest BCUT2D eigenvalue weighted by Gasteiger charge is 2.28. The zero-order valence-electron chi connectivity index (χ0n) is 15.7. The number of benzene rings is 1. The summed E-state index contributed by atoms with van der Waals surface area (Å²) in [4.78, 5) is 14.6. The molecule has 2 unspecified atom stereocenters. The van der Waals surface area contributed by atoms with E-state index in [-0.39, 0.29) is 6.04 Å². The molecule has 0 radical (unpaired) electrons. The van der Waals surface area contributed by atoms with Crippen LogP contribution in [0.5, 0.6) is 0 Å². The van der Waals surface area contributed by atoms with Crippen LogP contribution in [0.15, 0.2) is 24.3 Å². The van der Waals surface area contributed by atoms with Crippen molar-refractivity contribution in [2.45, 2.75) is 31.3 Å². The first kappa shape index (κ1) is 19.2. The normalized spacial score (nSPS) is 21.8. The molecule has 2 aromatic heterocycles. The Morgan fingerprint density at radius 1 is 1.10 bits per heavy atom. The lowest BCUT2D eigenvalue weighted by molar-refractivity contribution is 0.364. The van der Waals surface area contributed by atoms with Crippen molar-refractivity contribution in [1.82, 2.24) is 20.3 Å². The lowest BCUT2D eigenvalue weighted by Gasteiger charge is -2.37. The number of aromatic amines is 1. The third-order valence-corrected chi connectivity index (χ3v) is 6.38. The Kier molecular flexibility index (Phi) is 5.20. The number of pyridine rings is 1. The van der Waals surface area contributed by atoms with Crippen LogP contribution in [0, 0.1) is 0 Å². The number of hydrogen-bond acceptors (Lipinski definition) is 5. The quantitative estimate of drug-likeness (QED) is 0.487. The van der Waals surface area contributed by atoms with Crippen LogP contribution in [0.4, 0.5) is 11.6 Å². The van der Waals surface area contributed by atoms with E-state index in [1.807, 2.05) is 12.1 Å². The largest absolute Gasteiger partial charge is 0.383 e. The average Bonchev–Trinajstić information content (AvgIpc) is 3.12. The summed E-state index contributed by atoms with van der Waals surface area (Å²) in [6.45, 7) is 2.73. The van der Waals surface area contributed by atoms with Crippen molar-refractivity contribution in [1.29, 1.82) is 0 Å². The number of imidazole rings is 1. The van der Waals surface area contributed by atoms with Gasteiger partial charge in [-0.3, -0.25) is 0 Å². The van der Waals surface area contributed by atoms with Gasteiger partial charge >= 0.3 is 0 Å². The minimum Gasteiger partial charge on any atom is -0.383 e. The van der Waals surface area contributed by atoms with E-state index in [0.717, 1.165) is 61.6 Å². The highest BCUT2D eigenvalue weighted by molar-refractivity contribution is 6.36. The molecule has 152 valence electrons. The summed E-state index contributed by atoms with van der Waals surface area (Å²) in [5.41, 5.74) is 3.69. The van der Waals surface area contributed by atoms with Crippen LogP contribution in [-0.2, 0) is 0 Å². The zero-order valence-corrected chi connectivity index (χ0v) is 18.0. The molecule has 2 aliphatic rings. The monoisotopic (exact) mass is 450 g/mol. The molecule has 1 aromatic carbocycles. The van der Waals surface area contributed by atoms with Crippen molar-refractivity contribution in [3.8, 4) is 0 Å². The molecule has 4 heterocycles. The van der Waals surface area contributed by atoms with Crippen LogP contribution in [0.2, 0.25) is 15.2 Å². The van der Waals surface area contributed by atoms with Crippen molar-refractivity contribution in [3.05, 3.63) is 45.0 Å². The molecule has 0 aliphatic carbocycles. The van der Waals surface area contributed by atoms with E-state index >= 15 is 0 Å². The molecule has 3 N–H and O–H groups in total. The first-order chi connectivity index (χ1) is 14.1. The van der Waals surface area contributed by atoms with Crippen molar-refractivity contribution in [2.24, 2.45) is 0 Å². The SMILES string of the molecule is Clc1cc(Cl)c2c(c1)C(NC1CCCN(c3nc4nc(Cl)ccc4[nH]3)C1)CCN2. The molecular weight excluding hydrogens is 431 g/mol. The highest BCUT2D eigenvalue weighted by Crippen LogP contribution is 2.38. The van der Waals surface area contributed by atoms with Crippen LogP contribution in [0.1, 0.15) is 30.9 Å². The van der Waals surface area contributed by atoms with E-state index in [1.54, 1.807) is 12.1 Å². The van der Waals surface area contributed by atoms with Crippen molar-refractivity contribution in [2.75, 3.05) is 29.9 Å². The Balaban J connectivity index is 1.34. The van der Waals surface area contributed by atoms with Gasteiger partial charge in [-0.25, -0.2) is 4.98 Å². The first-order valence-electron chi connectivity index (χ1n) is 9.83. The number of nitrogens with one attached hydrogen (secondary N) is 3. The maximum absolute atomic E-state index is 6.40. The topological polar surface area (TPSA) is 68.9 Å². The number of aromatic nitrogens is 3. The van der Waals surface area contributed by atoms with Crippen molar-refractivity contribution >= 4 is 57.6 Å². The van der Waals surface area contributed by atoms with Gasteiger partial charge in [-0.15, -0.1) is 0 Å². The van der Waals surface area contributed by atoms with Crippen molar-refractivity contribution < 1.29 is 0 Å². The zero-order chi connectivity index (χ0) is 20.0. The molecule has 3 aromatic rings. The molecule has 2 atom stereocenters. The smallest absolute Gasteiger partial charge is 0.205 e.